The number of rotatable bonds is 6. The van der Waals surface area contributed by atoms with Crippen molar-refractivity contribution in [1.82, 2.24) is 4.98 Å². The Hall–Kier alpha value is -2.82. The molecule has 0 atom stereocenters. The molecule has 0 saturated carbocycles. The first kappa shape index (κ1) is 18.5. The molecule has 1 aromatic carbocycles. The Labute approximate surface area is 147 Å². The molecule has 5 nitrogen and oxygen atoms in total. The molecule has 2 rings (SSSR count). The maximum Gasteiger partial charge on any atom is 0.339 e. The SMILES string of the molecule is COC(=O)c1c(C)[nH]c(C(=O)/C=C/c2ccc(OC(C)C)cc2)c1C. The number of carbonyl (C=O) groups is 2. The van der Waals surface area contributed by atoms with Crippen molar-refractivity contribution >= 4 is 17.8 Å². The molecule has 1 heterocycles. The molecule has 0 amide bonds. The van der Waals surface area contributed by atoms with E-state index < -0.39 is 5.97 Å². The van der Waals surface area contributed by atoms with Gasteiger partial charge in [-0.1, -0.05) is 18.2 Å². The van der Waals surface area contributed by atoms with Gasteiger partial charge in [-0.05, 0) is 57.0 Å². The van der Waals surface area contributed by atoms with Gasteiger partial charge in [-0.25, -0.2) is 4.79 Å². The van der Waals surface area contributed by atoms with Gasteiger partial charge in [0, 0.05) is 5.69 Å². The number of allylic oxidation sites excluding steroid dienone is 1. The van der Waals surface area contributed by atoms with Gasteiger partial charge in [0.2, 0.25) is 5.78 Å². The van der Waals surface area contributed by atoms with Gasteiger partial charge in [0.25, 0.3) is 0 Å². The third-order valence-electron chi connectivity index (χ3n) is 3.75. The Balaban J connectivity index is 2.17. The Bertz CT molecular complexity index is 798. The topological polar surface area (TPSA) is 68.4 Å². The largest absolute Gasteiger partial charge is 0.491 e. The van der Waals surface area contributed by atoms with Crippen molar-refractivity contribution in [2.24, 2.45) is 0 Å². The molecule has 0 bridgehead atoms. The summed E-state index contributed by atoms with van der Waals surface area (Å²) in [5, 5.41) is 0. The first-order valence-corrected chi connectivity index (χ1v) is 8.10. The van der Waals surface area contributed by atoms with Crippen LogP contribution in [0.15, 0.2) is 30.3 Å². The van der Waals surface area contributed by atoms with Gasteiger partial charge in [0.15, 0.2) is 0 Å². The number of aromatic amines is 1. The van der Waals surface area contributed by atoms with Crippen LogP contribution in [0.2, 0.25) is 0 Å². The van der Waals surface area contributed by atoms with Gasteiger partial charge >= 0.3 is 5.97 Å². The molecule has 0 fully saturated rings. The van der Waals surface area contributed by atoms with E-state index in [-0.39, 0.29) is 11.9 Å². The second-order valence-corrected chi connectivity index (χ2v) is 6.05. The Morgan fingerprint density at radius 3 is 2.32 bits per heavy atom. The maximum atomic E-state index is 12.4. The van der Waals surface area contributed by atoms with E-state index in [1.54, 1.807) is 19.9 Å². The van der Waals surface area contributed by atoms with Crippen molar-refractivity contribution in [3.8, 4) is 5.75 Å². The number of methoxy groups -OCH3 is 1. The van der Waals surface area contributed by atoms with Crippen molar-refractivity contribution in [3.05, 3.63) is 58.4 Å². The molecule has 0 aliphatic rings. The number of aromatic nitrogens is 1. The summed E-state index contributed by atoms with van der Waals surface area (Å²) in [6.07, 6.45) is 3.33. The van der Waals surface area contributed by atoms with E-state index in [0.717, 1.165) is 11.3 Å². The lowest BCUT2D eigenvalue weighted by Crippen LogP contribution is -2.05. The molecule has 2 aromatic rings. The number of ether oxygens (including phenoxy) is 2. The van der Waals surface area contributed by atoms with Crippen molar-refractivity contribution in [3.63, 3.8) is 0 Å². The zero-order chi connectivity index (χ0) is 18.6. The van der Waals surface area contributed by atoms with Crippen LogP contribution in [0.1, 0.15) is 51.5 Å². The van der Waals surface area contributed by atoms with Gasteiger partial charge in [-0.15, -0.1) is 0 Å². The third kappa shape index (κ3) is 4.38. The van der Waals surface area contributed by atoms with Crippen molar-refractivity contribution in [2.75, 3.05) is 7.11 Å². The molecular formula is C20H23NO4. The molecule has 0 unspecified atom stereocenters. The molecular weight excluding hydrogens is 318 g/mol. The van der Waals surface area contributed by atoms with E-state index in [2.05, 4.69) is 4.98 Å². The number of hydrogen-bond donors (Lipinski definition) is 1. The van der Waals surface area contributed by atoms with Crippen LogP contribution in [0.3, 0.4) is 0 Å². The molecule has 1 N–H and O–H groups in total. The quantitative estimate of drug-likeness (QED) is 0.488. The number of nitrogens with one attached hydrogen (secondary N) is 1. The number of benzene rings is 1. The summed E-state index contributed by atoms with van der Waals surface area (Å²) in [4.78, 5) is 27.2. The second-order valence-electron chi connectivity index (χ2n) is 6.05. The van der Waals surface area contributed by atoms with Gasteiger partial charge in [-0.2, -0.15) is 0 Å². The average molecular weight is 341 g/mol. The Morgan fingerprint density at radius 1 is 1.12 bits per heavy atom. The van der Waals surface area contributed by atoms with E-state index in [1.165, 1.54) is 13.2 Å². The van der Waals surface area contributed by atoms with Crippen LogP contribution in [0.4, 0.5) is 0 Å². The highest BCUT2D eigenvalue weighted by Gasteiger charge is 2.21. The van der Waals surface area contributed by atoms with Gasteiger partial charge in [0.1, 0.15) is 5.75 Å². The minimum atomic E-state index is -0.449. The summed E-state index contributed by atoms with van der Waals surface area (Å²) in [6.45, 7) is 7.41. The van der Waals surface area contributed by atoms with Crippen molar-refractivity contribution in [2.45, 2.75) is 33.8 Å². The molecule has 132 valence electrons. The fourth-order valence-electron chi connectivity index (χ4n) is 2.59. The minimum Gasteiger partial charge on any atom is -0.491 e. The highest BCUT2D eigenvalue weighted by molar-refractivity contribution is 6.08. The summed E-state index contributed by atoms with van der Waals surface area (Å²) in [7, 11) is 1.32. The number of carbonyl (C=O) groups excluding carboxylic acids is 2. The summed E-state index contributed by atoms with van der Waals surface area (Å²) in [5.74, 6) is 0.144. The number of esters is 1. The fraction of sp³-hybridized carbons (Fsp3) is 0.300. The predicted molar refractivity (Wildman–Crippen MR) is 97.2 cm³/mol. The Kier molecular flexibility index (Phi) is 5.80. The number of hydrogen-bond acceptors (Lipinski definition) is 4. The minimum absolute atomic E-state index is 0.117. The van der Waals surface area contributed by atoms with Crippen LogP contribution < -0.4 is 4.74 Å². The zero-order valence-electron chi connectivity index (χ0n) is 15.2. The van der Waals surface area contributed by atoms with Gasteiger partial charge < -0.3 is 14.5 Å². The lowest BCUT2D eigenvalue weighted by Gasteiger charge is -2.09. The lowest BCUT2D eigenvalue weighted by atomic mass is 10.1. The highest BCUT2D eigenvalue weighted by atomic mass is 16.5. The van der Waals surface area contributed by atoms with E-state index in [0.29, 0.717) is 22.5 Å². The van der Waals surface area contributed by atoms with Gasteiger partial charge in [0.05, 0.1) is 24.5 Å². The molecule has 0 radical (unpaired) electrons. The molecule has 0 saturated heterocycles. The first-order valence-electron chi connectivity index (χ1n) is 8.10. The number of H-pyrrole nitrogens is 1. The molecule has 25 heavy (non-hydrogen) atoms. The van der Waals surface area contributed by atoms with Crippen molar-refractivity contribution in [1.29, 1.82) is 0 Å². The van der Waals surface area contributed by atoms with E-state index >= 15 is 0 Å². The predicted octanol–water partition coefficient (Wildman–Crippen LogP) is 4.10. The highest BCUT2D eigenvalue weighted by Crippen LogP contribution is 2.20. The Morgan fingerprint density at radius 2 is 1.76 bits per heavy atom. The molecule has 1 aromatic heterocycles. The maximum absolute atomic E-state index is 12.4. The third-order valence-corrected chi connectivity index (χ3v) is 3.75. The van der Waals surface area contributed by atoms with Gasteiger partial charge in [-0.3, -0.25) is 4.79 Å². The first-order chi connectivity index (χ1) is 11.8. The van der Waals surface area contributed by atoms with Crippen LogP contribution in [-0.2, 0) is 4.74 Å². The van der Waals surface area contributed by atoms with Crippen LogP contribution >= 0.6 is 0 Å². The van der Waals surface area contributed by atoms with Crippen molar-refractivity contribution < 1.29 is 19.1 Å². The second kappa shape index (κ2) is 7.83. The summed E-state index contributed by atoms with van der Waals surface area (Å²) >= 11 is 0. The van der Waals surface area contributed by atoms with E-state index in [9.17, 15) is 9.59 Å². The van der Waals surface area contributed by atoms with Crippen LogP contribution in [0.5, 0.6) is 5.75 Å². The van der Waals surface area contributed by atoms with E-state index in [1.807, 2.05) is 38.1 Å². The molecule has 0 spiro atoms. The molecule has 0 aliphatic carbocycles. The monoisotopic (exact) mass is 341 g/mol. The number of ketones is 1. The van der Waals surface area contributed by atoms with Crippen LogP contribution in [0, 0.1) is 13.8 Å². The summed E-state index contributed by atoms with van der Waals surface area (Å²) < 4.78 is 10.3. The van der Waals surface area contributed by atoms with Crippen LogP contribution in [-0.4, -0.2) is 30.0 Å². The standard InChI is InChI=1S/C20H23NO4/c1-12(2)25-16-9-6-15(7-10-16)8-11-17(22)19-13(3)18(14(4)21-19)20(23)24-5/h6-12,21H,1-5H3/b11-8+. The number of aryl methyl sites for hydroxylation is 1. The van der Waals surface area contributed by atoms with Crippen LogP contribution in [0.25, 0.3) is 6.08 Å². The van der Waals surface area contributed by atoms with E-state index in [4.69, 9.17) is 9.47 Å². The lowest BCUT2D eigenvalue weighted by molar-refractivity contribution is 0.0599. The normalized spacial score (nSPS) is 11.1. The molecule has 0 aliphatic heterocycles. The zero-order valence-corrected chi connectivity index (χ0v) is 15.2. The smallest absolute Gasteiger partial charge is 0.339 e. The fourth-order valence-corrected chi connectivity index (χ4v) is 2.59. The summed E-state index contributed by atoms with van der Waals surface area (Å²) in [6, 6.07) is 7.50. The average Bonchev–Trinajstić information content (AvgIpc) is 2.87. The summed E-state index contributed by atoms with van der Waals surface area (Å²) in [5.41, 5.74) is 2.91. The molecule has 5 heteroatoms.